The molecule has 0 bridgehead atoms. The highest BCUT2D eigenvalue weighted by Gasteiger charge is 1.96. The van der Waals surface area contributed by atoms with Crippen LogP contribution in [0.1, 0.15) is 0 Å². The summed E-state index contributed by atoms with van der Waals surface area (Å²) in [5.74, 6) is 1.39. The first-order valence-electron chi connectivity index (χ1n) is 5.21. The Morgan fingerprint density at radius 1 is 0.765 bits per heavy atom. The van der Waals surface area contributed by atoms with Gasteiger partial charge in [-0.25, -0.2) is 0 Å². The van der Waals surface area contributed by atoms with Crippen molar-refractivity contribution in [3.8, 4) is 11.5 Å². The third kappa shape index (κ3) is 3.31. The Balaban J connectivity index is 1.85. The molecule has 0 unspecified atom stereocenters. The van der Waals surface area contributed by atoms with Crippen molar-refractivity contribution in [2.75, 3.05) is 18.3 Å². The van der Waals surface area contributed by atoms with Crippen molar-refractivity contribution < 1.29 is 9.47 Å². The van der Waals surface area contributed by atoms with Gasteiger partial charge in [-0.3, -0.25) is 0 Å². The summed E-state index contributed by atoms with van der Waals surface area (Å²) in [6, 6.07) is 14.3. The van der Waals surface area contributed by atoms with Crippen LogP contribution >= 0.6 is 0 Å². The fraction of sp³-hybridized carbons (Fsp3) is 0.0769. The molecule has 0 saturated carbocycles. The minimum atomic E-state index is 0.132. The minimum absolute atomic E-state index is 0.132. The van der Waals surface area contributed by atoms with Gasteiger partial charge in [0.1, 0.15) is 11.5 Å². The Morgan fingerprint density at radius 3 is 2.18 bits per heavy atom. The number of anilines is 2. The maximum Gasteiger partial charge on any atom is 0.230 e. The van der Waals surface area contributed by atoms with Gasteiger partial charge in [0, 0.05) is 17.4 Å². The molecule has 17 heavy (non-hydrogen) atoms. The molecule has 88 valence electrons. The molecule has 0 fully saturated rings. The van der Waals surface area contributed by atoms with E-state index in [2.05, 4.69) is 0 Å². The standard InChI is InChI=1S/C13H14N2O2/c14-10-4-6-12(7-5-10)16-9-17-13-3-1-2-11(15)8-13/h1-8H,9,14-15H2. The van der Waals surface area contributed by atoms with Crippen LogP contribution in [0.25, 0.3) is 0 Å². The van der Waals surface area contributed by atoms with Gasteiger partial charge in [0.15, 0.2) is 0 Å². The highest BCUT2D eigenvalue weighted by molar-refractivity contribution is 5.43. The molecule has 4 N–H and O–H groups in total. The molecule has 2 rings (SSSR count). The number of rotatable bonds is 4. The van der Waals surface area contributed by atoms with Gasteiger partial charge in [-0.05, 0) is 36.4 Å². The smallest absolute Gasteiger partial charge is 0.230 e. The first kappa shape index (κ1) is 11.1. The van der Waals surface area contributed by atoms with Crippen LogP contribution in [0.4, 0.5) is 11.4 Å². The van der Waals surface area contributed by atoms with Crippen LogP contribution in [-0.4, -0.2) is 6.79 Å². The van der Waals surface area contributed by atoms with E-state index in [0.717, 1.165) is 0 Å². The fourth-order valence-corrected chi connectivity index (χ4v) is 1.33. The first-order chi connectivity index (χ1) is 8.24. The van der Waals surface area contributed by atoms with Crippen LogP contribution in [0.3, 0.4) is 0 Å². The van der Waals surface area contributed by atoms with Gasteiger partial charge in [0.05, 0.1) is 0 Å². The lowest BCUT2D eigenvalue weighted by molar-refractivity contribution is 0.120. The van der Waals surface area contributed by atoms with Crippen molar-refractivity contribution in [2.45, 2.75) is 0 Å². The number of nitrogens with two attached hydrogens (primary N) is 2. The van der Waals surface area contributed by atoms with E-state index >= 15 is 0 Å². The van der Waals surface area contributed by atoms with E-state index in [-0.39, 0.29) is 6.79 Å². The van der Waals surface area contributed by atoms with Gasteiger partial charge in [0.2, 0.25) is 6.79 Å². The quantitative estimate of drug-likeness (QED) is 0.624. The largest absolute Gasteiger partial charge is 0.458 e. The number of benzene rings is 2. The van der Waals surface area contributed by atoms with Crippen LogP contribution in [0.5, 0.6) is 11.5 Å². The topological polar surface area (TPSA) is 70.5 Å². The van der Waals surface area contributed by atoms with E-state index in [1.807, 2.05) is 12.1 Å². The SMILES string of the molecule is Nc1ccc(OCOc2cccc(N)c2)cc1. The van der Waals surface area contributed by atoms with Crippen LogP contribution in [-0.2, 0) is 0 Å². The number of ether oxygens (including phenoxy) is 2. The summed E-state index contributed by atoms with van der Waals surface area (Å²) in [4.78, 5) is 0. The molecular weight excluding hydrogens is 216 g/mol. The van der Waals surface area contributed by atoms with Gasteiger partial charge in [-0.15, -0.1) is 0 Å². The monoisotopic (exact) mass is 230 g/mol. The second-order valence-corrected chi connectivity index (χ2v) is 3.55. The van der Waals surface area contributed by atoms with E-state index in [0.29, 0.717) is 22.9 Å². The summed E-state index contributed by atoms with van der Waals surface area (Å²) in [7, 11) is 0. The molecule has 0 radical (unpaired) electrons. The van der Waals surface area contributed by atoms with Crippen molar-refractivity contribution >= 4 is 11.4 Å². The van der Waals surface area contributed by atoms with Gasteiger partial charge in [-0.2, -0.15) is 0 Å². The number of hydrogen-bond acceptors (Lipinski definition) is 4. The molecule has 0 amide bonds. The fourth-order valence-electron chi connectivity index (χ4n) is 1.33. The lowest BCUT2D eigenvalue weighted by Gasteiger charge is -2.08. The Labute approximate surface area is 99.8 Å². The molecule has 0 aliphatic heterocycles. The van der Waals surface area contributed by atoms with Crippen LogP contribution in [0, 0.1) is 0 Å². The van der Waals surface area contributed by atoms with Gasteiger partial charge in [-0.1, -0.05) is 6.07 Å². The molecule has 0 aromatic heterocycles. The lowest BCUT2D eigenvalue weighted by Crippen LogP contribution is -2.05. The second-order valence-electron chi connectivity index (χ2n) is 3.55. The maximum atomic E-state index is 5.62. The molecule has 0 aliphatic carbocycles. The molecule has 0 saturated heterocycles. The summed E-state index contributed by atoms with van der Waals surface area (Å²) in [6.07, 6.45) is 0. The summed E-state index contributed by atoms with van der Waals surface area (Å²) in [5, 5.41) is 0. The normalized spacial score (nSPS) is 9.88. The molecule has 0 aliphatic rings. The maximum absolute atomic E-state index is 5.62. The van der Waals surface area contributed by atoms with Crippen molar-refractivity contribution in [1.29, 1.82) is 0 Å². The molecule has 2 aromatic rings. The van der Waals surface area contributed by atoms with Gasteiger partial charge in [0.25, 0.3) is 0 Å². The molecule has 0 spiro atoms. The predicted molar refractivity (Wildman–Crippen MR) is 67.8 cm³/mol. The molecule has 4 heteroatoms. The zero-order valence-electron chi connectivity index (χ0n) is 9.30. The van der Waals surface area contributed by atoms with Crippen LogP contribution < -0.4 is 20.9 Å². The Kier molecular flexibility index (Phi) is 3.35. The van der Waals surface area contributed by atoms with E-state index < -0.39 is 0 Å². The summed E-state index contributed by atoms with van der Waals surface area (Å²) < 4.78 is 10.8. The Morgan fingerprint density at radius 2 is 1.47 bits per heavy atom. The molecule has 0 atom stereocenters. The number of hydrogen-bond donors (Lipinski definition) is 2. The molecule has 0 heterocycles. The zero-order valence-corrected chi connectivity index (χ0v) is 9.30. The second kappa shape index (κ2) is 5.12. The van der Waals surface area contributed by atoms with Crippen LogP contribution in [0.2, 0.25) is 0 Å². The molecule has 4 nitrogen and oxygen atoms in total. The van der Waals surface area contributed by atoms with E-state index in [4.69, 9.17) is 20.9 Å². The van der Waals surface area contributed by atoms with E-state index in [9.17, 15) is 0 Å². The summed E-state index contributed by atoms with van der Waals surface area (Å²) >= 11 is 0. The Hall–Kier alpha value is -2.36. The van der Waals surface area contributed by atoms with Gasteiger partial charge < -0.3 is 20.9 Å². The summed E-state index contributed by atoms with van der Waals surface area (Å²) in [5.41, 5.74) is 12.6. The third-order valence-electron chi connectivity index (χ3n) is 2.19. The third-order valence-corrected chi connectivity index (χ3v) is 2.19. The van der Waals surface area contributed by atoms with Crippen molar-refractivity contribution in [3.05, 3.63) is 48.5 Å². The van der Waals surface area contributed by atoms with Crippen molar-refractivity contribution in [1.82, 2.24) is 0 Å². The van der Waals surface area contributed by atoms with E-state index in [1.165, 1.54) is 0 Å². The average molecular weight is 230 g/mol. The highest BCUT2D eigenvalue weighted by atomic mass is 16.7. The number of nitrogen functional groups attached to an aromatic ring is 2. The summed E-state index contributed by atoms with van der Waals surface area (Å²) in [6.45, 7) is 0.132. The lowest BCUT2D eigenvalue weighted by atomic mass is 10.3. The predicted octanol–water partition coefficient (Wildman–Crippen LogP) is 2.27. The first-order valence-corrected chi connectivity index (χ1v) is 5.21. The Bertz CT molecular complexity index is 483. The molecule has 2 aromatic carbocycles. The van der Waals surface area contributed by atoms with Crippen LogP contribution in [0.15, 0.2) is 48.5 Å². The highest BCUT2D eigenvalue weighted by Crippen LogP contribution is 2.16. The zero-order chi connectivity index (χ0) is 12.1. The van der Waals surface area contributed by atoms with Crippen molar-refractivity contribution in [3.63, 3.8) is 0 Å². The van der Waals surface area contributed by atoms with Gasteiger partial charge >= 0.3 is 0 Å². The minimum Gasteiger partial charge on any atom is -0.458 e. The van der Waals surface area contributed by atoms with Crippen molar-refractivity contribution in [2.24, 2.45) is 0 Å². The van der Waals surface area contributed by atoms with E-state index in [1.54, 1.807) is 36.4 Å². The molecular formula is C13H14N2O2. The average Bonchev–Trinajstić information content (AvgIpc) is 2.32.